The highest BCUT2D eigenvalue weighted by Crippen LogP contribution is 2.45. The molecule has 0 heterocycles. The van der Waals surface area contributed by atoms with Crippen molar-refractivity contribution in [2.45, 2.75) is 127 Å². The average Bonchev–Trinajstić information content (AvgIpc) is 1.69. The molecule has 9 N–H and O–H groups in total. The maximum Gasteiger partial charge on any atom is 0.407 e. The van der Waals surface area contributed by atoms with E-state index in [0.717, 1.165) is 44.5 Å². The van der Waals surface area contributed by atoms with E-state index in [-0.39, 0.29) is 103 Å². The smallest absolute Gasteiger partial charge is 0.407 e. The second-order valence-electron chi connectivity index (χ2n) is 22.9. The van der Waals surface area contributed by atoms with E-state index in [2.05, 4.69) is 44.0 Å². The molecule has 0 aliphatic heterocycles. The topological polar surface area (TPSA) is 336 Å². The fourth-order valence-corrected chi connectivity index (χ4v) is 11.4. The highest BCUT2D eigenvalue weighted by atomic mass is 32.2. The van der Waals surface area contributed by atoms with E-state index in [1.807, 2.05) is 89.7 Å². The van der Waals surface area contributed by atoms with Gasteiger partial charge in [-0.3, -0.25) is 28.7 Å². The largest absolute Gasteiger partial charge is 0.449 e. The van der Waals surface area contributed by atoms with Gasteiger partial charge in [0.25, 0.3) is 0 Å². The lowest BCUT2D eigenvalue weighted by Crippen LogP contribution is -2.54. The van der Waals surface area contributed by atoms with Gasteiger partial charge in [0, 0.05) is 70.5 Å². The summed E-state index contributed by atoms with van der Waals surface area (Å²) >= 11 is 0. The zero-order valence-electron chi connectivity index (χ0n) is 51.7. The van der Waals surface area contributed by atoms with Gasteiger partial charge in [0.1, 0.15) is 30.9 Å². The average molecular weight is 1270 g/mol. The first-order valence-electron chi connectivity index (χ1n) is 30.9. The van der Waals surface area contributed by atoms with E-state index in [4.69, 9.17) is 34.2 Å². The number of carbonyl (C=O) groups excluding carboxylic acids is 8. The molecule has 2 atom stereocenters. The highest BCUT2D eigenvalue weighted by Gasteiger charge is 2.32. The lowest BCUT2D eigenvalue weighted by molar-refractivity contribution is -0.130. The van der Waals surface area contributed by atoms with Crippen molar-refractivity contribution in [1.29, 1.82) is 0 Å². The maximum atomic E-state index is 14.4. The highest BCUT2D eigenvalue weighted by molar-refractivity contribution is 7.90. The van der Waals surface area contributed by atoms with Crippen molar-refractivity contribution in [3.63, 3.8) is 0 Å². The molecule has 490 valence electrons. The van der Waals surface area contributed by atoms with Crippen LogP contribution in [-0.4, -0.2) is 159 Å². The molecule has 0 bridgehead atoms. The van der Waals surface area contributed by atoms with E-state index in [9.17, 15) is 46.8 Å². The van der Waals surface area contributed by atoms with Crippen LogP contribution in [0.1, 0.15) is 132 Å². The van der Waals surface area contributed by atoms with Crippen molar-refractivity contribution in [1.82, 2.24) is 36.6 Å². The van der Waals surface area contributed by atoms with Gasteiger partial charge in [-0.2, -0.15) is 0 Å². The van der Waals surface area contributed by atoms with Crippen LogP contribution in [0.2, 0.25) is 0 Å². The van der Waals surface area contributed by atoms with Gasteiger partial charge in [0.15, 0.2) is 0 Å². The Morgan fingerprint density at radius 1 is 0.467 bits per heavy atom. The normalized spacial score (nSPS) is 13.1. The van der Waals surface area contributed by atoms with Gasteiger partial charge in [-0.1, -0.05) is 97.1 Å². The number of ether oxygens (including phenoxy) is 6. The van der Waals surface area contributed by atoms with Gasteiger partial charge in [0.2, 0.25) is 39.6 Å². The minimum atomic E-state index is -3.93. The molecule has 0 unspecified atom stereocenters. The zero-order valence-corrected chi connectivity index (χ0v) is 52.6. The molecule has 0 spiro atoms. The maximum absolute atomic E-state index is 14.4. The number of amides is 8. The Kier molecular flexibility index (Phi) is 29.3. The zero-order chi connectivity index (χ0) is 64.7. The van der Waals surface area contributed by atoms with E-state index in [1.165, 1.54) is 0 Å². The Balaban J connectivity index is 0.933. The van der Waals surface area contributed by atoms with Crippen LogP contribution in [0.3, 0.4) is 0 Å². The van der Waals surface area contributed by atoms with Crippen molar-refractivity contribution < 1.29 is 75.2 Å². The minimum Gasteiger partial charge on any atom is -0.449 e. The molecule has 0 aromatic heterocycles. The molecule has 4 aromatic carbocycles. The summed E-state index contributed by atoms with van der Waals surface area (Å²) in [5, 5.41) is 16.7. The van der Waals surface area contributed by atoms with E-state index >= 15 is 0 Å². The molecule has 0 radical (unpaired) electrons. The third-order valence-corrected chi connectivity index (χ3v) is 16.1. The van der Waals surface area contributed by atoms with E-state index in [0.29, 0.717) is 65.0 Å². The van der Waals surface area contributed by atoms with Crippen molar-refractivity contribution in [2.24, 2.45) is 5.73 Å². The molecule has 25 heteroatoms. The molecule has 24 nitrogen and oxygen atoms in total. The number of nitrogens with one attached hydrogen (secondary N) is 7. The number of hydrogen-bond acceptors (Lipinski definition) is 16. The molecule has 8 amide bonds. The Morgan fingerprint density at radius 2 is 0.889 bits per heavy atom. The van der Waals surface area contributed by atoms with Crippen LogP contribution in [0.5, 0.6) is 0 Å². The second kappa shape index (κ2) is 37.1. The lowest BCUT2D eigenvalue weighted by Gasteiger charge is -2.24. The number of primary amides is 1. The Morgan fingerprint density at radius 3 is 1.38 bits per heavy atom. The first-order valence-corrected chi connectivity index (χ1v) is 32.5. The number of fused-ring (bicyclic) bond motifs is 6. The molecular formula is C65H88N8O16S. The molecule has 0 fully saturated rings. The minimum absolute atomic E-state index is 0.0124. The quantitative estimate of drug-likeness (QED) is 0.0178. The van der Waals surface area contributed by atoms with Crippen LogP contribution in [0, 0.1) is 0 Å². The van der Waals surface area contributed by atoms with Crippen LogP contribution in [0.4, 0.5) is 14.4 Å². The van der Waals surface area contributed by atoms with E-state index < -0.39 is 81.3 Å². The predicted molar refractivity (Wildman–Crippen MR) is 336 cm³/mol. The molecule has 0 saturated carbocycles. The lowest BCUT2D eigenvalue weighted by atomic mass is 9.98. The predicted octanol–water partition coefficient (Wildman–Crippen LogP) is 6.34. The Labute approximate surface area is 526 Å². The first kappa shape index (κ1) is 71.0. The number of sulfonamides is 1. The van der Waals surface area contributed by atoms with Gasteiger partial charge < -0.3 is 66.1 Å². The summed E-state index contributed by atoms with van der Waals surface area (Å²) in [6.45, 7) is 8.22. The van der Waals surface area contributed by atoms with Crippen molar-refractivity contribution in [3.8, 4) is 22.3 Å². The fraction of sp³-hybridized carbons (Fsp3) is 0.508. The molecular weight excluding hydrogens is 1180 g/mol. The van der Waals surface area contributed by atoms with Crippen LogP contribution in [0.25, 0.3) is 22.3 Å². The van der Waals surface area contributed by atoms with Crippen molar-refractivity contribution >= 4 is 57.8 Å². The van der Waals surface area contributed by atoms with Gasteiger partial charge in [-0.15, -0.1) is 0 Å². The summed E-state index contributed by atoms with van der Waals surface area (Å²) in [6, 6.07) is 29.9. The van der Waals surface area contributed by atoms with Crippen LogP contribution in [-0.2, 0) is 62.4 Å². The number of alkyl carbamates (subject to hydrolysis) is 3. The summed E-state index contributed by atoms with van der Waals surface area (Å²) in [6.07, 6.45) is 0.338. The summed E-state index contributed by atoms with van der Waals surface area (Å²) < 4.78 is 59.5. The Hall–Kier alpha value is -8.13. The van der Waals surface area contributed by atoms with Crippen LogP contribution in [0.15, 0.2) is 97.1 Å². The number of carbonyl (C=O) groups is 8. The number of nitrogens with two attached hydrogens (primary N) is 1. The summed E-state index contributed by atoms with van der Waals surface area (Å²) in [7, 11) is -3.93. The molecule has 2 aliphatic rings. The van der Waals surface area contributed by atoms with Crippen LogP contribution >= 0.6 is 0 Å². The molecule has 6 rings (SSSR count). The van der Waals surface area contributed by atoms with Gasteiger partial charge >= 0.3 is 18.3 Å². The summed E-state index contributed by atoms with van der Waals surface area (Å²) in [5.41, 5.74) is 12.9. The van der Waals surface area contributed by atoms with E-state index in [1.54, 1.807) is 20.8 Å². The SMILES string of the molecule is CC(C)(C)OC(=O)NCCCC[C@H](NC(=O)[C@H](CCCCNC(=O)OCC1c2ccccc2-c2ccccc21)NC(=O)OCC1c2ccccc2-c2ccccc21)C(=O)NCCCOCCOCCOCCCNC(=O)CCC(=O)NS(=O)(=O)CCCC(N)=O. The van der Waals surface area contributed by atoms with Crippen molar-refractivity contribution in [3.05, 3.63) is 119 Å². The second-order valence-corrected chi connectivity index (χ2v) is 24.7. The number of benzene rings is 4. The monoisotopic (exact) mass is 1270 g/mol. The Bertz CT molecular complexity index is 3050. The number of rotatable bonds is 40. The standard InChI is InChI=1S/C65H88N8O16S/c1-65(2,3)89-63(80)70-33-15-12-27-55(60(77)68-35-18-37-85-39-41-86-40-38-84-36-17-34-67-58(75)30-31-59(76)73-90(82,83)42-16-29-57(66)74)71-61(78)56(72-64(81)88-44-54-51-25-10-6-21-47(51)48-22-7-11-26-52(48)54)28-13-14-32-69-62(79)87-43-53-49-23-8-4-19-45(49)46-20-5-9-24-50(46)53/h4-11,19-26,53-56H,12-18,27-44H2,1-3H3,(H2,66,74)(H,67,75)(H,68,77)(H,69,79)(H,70,80)(H,71,78)(H,72,81)(H,73,76)/t55-,56-/m0/s1. The van der Waals surface area contributed by atoms with Crippen molar-refractivity contribution in [2.75, 3.05) is 84.8 Å². The molecule has 0 saturated heterocycles. The molecule has 90 heavy (non-hydrogen) atoms. The molecule has 4 aromatic rings. The third-order valence-electron chi connectivity index (χ3n) is 14.7. The summed E-state index contributed by atoms with van der Waals surface area (Å²) in [4.78, 5) is 102. The van der Waals surface area contributed by atoms with Gasteiger partial charge in [-0.25, -0.2) is 22.8 Å². The molecule has 2 aliphatic carbocycles. The summed E-state index contributed by atoms with van der Waals surface area (Å²) in [5.74, 6) is -3.73. The fourth-order valence-electron chi connectivity index (χ4n) is 10.4. The first-order chi connectivity index (χ1) is 43.3. The number of hydrogen-bond donors (Lipinski definition) is 8. The van der Waals surface area contributed by atoms with Crippen LogP contribution < -0.4 is 42.4 Å². The van der Waals surface area contributed by atoms with Gasteiger partial charge in [0.05, 0.1) is 32.2 Å². The van der Waals surface area contributed by atoms with Gasteiger partial charge in [-0.05, 0) is 123 Å². The number of unbranched alkanes of at least 4 members (excludes halogenated alkanes) is 2. The third kappa shape index (κ3) is 24.7.